The third-order valence-electron chi connectivity index (χ3n) is 2.34. The van der Waals surface area contributed by atoms with Crippen LogP contribution in [-0.4, -0.2) is 46.7 Å². The zero-order chi connectivity index (χ0) is 10.4. The van der Waals surface area contributed by atoms with Gasteiger partial charge in [0.05, 0.1) is 12.4 Å². The molecule has 0 aliphatic carbocycles. The second-order valence-corrected chi connectivity index (χ2v) is 6.18. The van der Waals surface area contributed by atoms with Crippen LogP contribution in [-0.2, 0) is 14.6 Å². The highest BCUT2D eigenvalue weighted by Gasteiger charge is 2.13. The number of sulfone groups is 1. The van der Waals surface area contributed by atoms with E-state index in [4.69, 9.17) is 4.74 Å². The van der Waals surface area contributed by atoms with Gasteiger partial charge in [0.1, 0.15) is 9.84 Å². The Morgan fingerprint density at radius 2 is 2.29 bits per heavy atom. The van der Waals surface area contributed by atoms with Gasteiger partial charge in [-0.25, -0.2) is 8.42 Å². The lowest BCUT2D eigenvalue weighted by atomic mass is 10.0. The highest BCUT2D eigenvalue weighted by Crippen LogP contribution is 2.11. The van der Waals surface area contributed by atoms with Crippen molar-refractivity contribution in [2.45, 2.75) is 12.8 Å². The Hall–Kier alpha value is -0.130. The zero-order valence-electron chi connectivity index (χ0n) is 8.66. The number of ether oxygens (including phenoxy) is 1. The van der Waals surface area contributed by atoms with Crippen LogP contribution in [0.5, 0.6) is 0 Å². The van der Waals surface area contributed by atoms with E-state index in [1.54, 1.807) is 0 Å². The van der Waals surface area contributed by atoms with Crippen molar-refractivity contribution >= 4 is 9.84 Å². The van der Waals surface area contributed by atoms with Crippen molar-refractivity contribution in [1.82, 2.24) is 5.32 Å². The molecule has 84 valence electrons. The molecule has 0 bridgehead atoms. The summed E-state index contributed by atoms with van der Waals surface area (Å²) in [7, 11) is -2.82. The number of hydrogen-bond donors (Lipinski definition) is 1. The van der Waals surface area contributed by atoms with Crippen LogP contribution >= 0.6 is 0 Å². The average molecular weight is 221 g/mol. The molecule has 1 unspecified atom stereocenters. The van der Waals surface area contributed by atoms with Gasteiger partial charge in [-0.15, -0.1) is 0 Å². The molecule has 1 aliphatic rings. The van der Waals surface area contributed by atoms with Crippen molar-refractivity contribution in [3.8, 4) is 0 Å². The molecule has 1 heterocycles. The summed E-state index contributed by atoms with van der Waals surface area (Å²) >= 11 is 0. The van der Waals surface area contributed by atoms with Crippen LogP contribution in [0.4, 0.5) is 0 Å². The van der Waals surface area contributed by atoms with Gasteiger partial charge in [0.2, 0.25) is 0 Å². The molecule has 0 saturated carbocycles. The van der Waals surface area contributed by atoms with Gasteiger partial charge in [0.25, 0.3) is 0 Å². The second kappa shape index (κ2) is 5.68. The van der Waals surface area contributed by atoms with E-state index in [0.717, 1.165) is 26.2 Å². The molecule has 0 aromatic carbocycles. The van der Waals surface area contributed by atoms with Crippen LogP contribution in [0.2, 0.25) is 0 Å². The smallest absolute Gasteiger partial charge is 0.148 e. The minimum atomic E-state index is -2.82. The molecule has 4 nitrogen and oxygen atoms in total. The van der Waals surface area contributed by atoms with E-state index in [2.05, 4.69) is 5.32 Å². The first-order valence-corrected chi connectivity index (χ1v) is 7.10. The van der Waals surface area contributed by atoms with Gasteiger partial charge in [-0.2, -0.15) is 0 Å². The summed E-state index contributed by atoms with van der Waals surface area (Å²) in [4.78, 5) is 0. The molecule has 1 saturated heterocycles. The lowest BCUT2D eigenvalue weighted by molar-refractivity contribution is 0.0551. The molecule has 5 heteroatoms. The first-order chi connectivity index (χ1) is 6.58. The zero-order valence-corrected chi connectivity index (χ0v) is 9.48. The molecule has 0 aromatic heterocycles. The fraction of sp³-hybridized carbons (Fsp3) is 1.00. The standard InChI is InChI=1S/C9H19NO3S/c1-14(11,12)6-4-10-7-9-3-2-5-13-8-9/h9-10H,2-8H2,1H3. The molecule has 0 amide bonds. The number of nitrogens with one attached hydrogen (secondary N) is 1. The Morgan fingerprint density at radius 3 is 2.86 bits per heavy atom. The van der Waals surface area contributed by atoms with Gasteiger partial charge in [-0.1, -0.05) is 0 Å². The topological polar surface area (TPSA) is 55.4 Å². The molecule has 1 N–H and O–H groups in total. The predicted octanol–water partition coefficient (Wildman–Crippen LogP) is 0.0472. The van der Waals surface area contributed by atoms with Crippen LogP contribution in [0.15, 0.2) is 0 Å². The lowest BCUT2D eigenvalue weighted by Gasteiger charge is -2.22. The van der Waals surface area contributed by atoms with Crippen molar-refractivity contribution < 1.29 is 13.2 Å². The van der Waals surface area contributed by atoms with Crippen LogP contribution in [0.3, 0.4) is 0 Å². The van der Waals surface area contributed by atoms with Gasteiger partial charge in [-0.3, -0.25) is 0 Å². The highest BCUT2D eigenvalue weighted by atomic mass is 32.2. The molecule has 0 aromatic rings. The van der Waals surface area contributed by atoms with Crippen LogP contribution in [0.1, 0.15) is 12.8 Å². The van der Waals surface area contributed by atoms with Crippen molar-refractivity contribution in [3.63, 3.8) is 0 Å². The van der Waals surface area contributed by atoms with Crippen LogP contribution in [0.25, 0.3) is 0 Å². The summed E-state index contributed by atoms with van der Waals surface area (Å²) in [5.41, 5.74) is 0. The van der Waals surface area contributed by atoms with Crippen molar-refractivity contribution in [3.05, 3.63) is 0 Å². The fourth-order valence-corrected chi connectivity index (χ4v) is 2.05. The largest absolute Gasteiger partial charge is 0.381 e. The first kappa shape index (κ1) is 11.9. The summed E-state index contributed by atoms with van der Waals surface area (Å²) in [5, 5.41) is 3.15. The predicted molar refractivity (Wildman–Crippen MR) is 56.1 cm³/mol. The van der Waals surface area contributed by atoms with E-state index in [1.807, 2.05) is 0 Å². The average Bonchev–Trinajstić information content (AvgIpc) is 2.13. The molecule has 0 radical (unpaired) electrons. The molecule has 1 rings (SSSR count). The number of rotatable bonds is 5. The molecular formula is C9H19NO3S. The number of hydrogen-bond acceptors (Lipinski definition) is 4. The van der Waals surface area contributed by atoms with Gasteiger partial charge in [0.15, 0.2) is 0 Å². The minimum Gasteiger partial charge on any atom is -0.381 e. The second-order valence-electron chi connectivity index (χ2n) is 3.92. The van der Waals surface area contributed by atoms with Crippen LogP contribution < -0.4 is 5.32 Å². The normalized spacial score (nSPS) is 23.6. The van der Waals surface area contributed by atoms with E-state index in [-0.39, 0.29) is 5.75 Å². The lowest BCUT2D eigenvalue weighted by Crippen LogP contribution is -2.31. The molecule has 1 atom stereocenters. The summed E-state index contributed by atoms with van der Waals surface area (Å²) in [6.45, 7) is 3.11. The Balaban J connectivity index is 2.03. The van der Waals surface area contributed by atoms with E-state index >= 15 is 0 Å². The van der Waals surface area contributed by atoms with Gasteiger partial charge >= 0.3 is 0 Å². The van der Waals surface area contributed by atoms with Crippen molar-refractivity contribution in [2.24, 2.45) is 5.92 Å². The summed E-state index contributed by atoms with van der Waals surface area (Å²) in [5.74, 6) is 0.781. The Morgan fingerprint density at radius 1 is 1.50 bits per heavy atom. The maximum absolute atomic E-state index is 10.8. The molecule has 14 heavy (non-hydrogen) atoms. The van der Waals surface area contributed by atoms with Crippen LogP contribution in [0, 0.1) is 5.92 Å². The van der Waals surface area contributed by atoms with Crippen molar-refractivity contribution in [2.75, 3.05) is 38.3 Å². The molecule has 1 aliphatic heterocycles. The monoisotopic (exact) mass is 221 g/mol. The maximum Gasteiger partial charge on any atom is 0.148 e. The fourth-order valence-electron chi connectivity index (χ4n) is 1.53. The van der Waals surface area contributed by atoms with Gasteiger partial charge in [-0.05, 0) is 18.8 Å². The Kier molecular flexibility index (Phi) is 4.84. The molecular weight excluding hydrogens is 202 g/mol. The van der Waals surface area contributed by atoms with E-state index < -0.39 is 9.84 Å². The Labute approximate surface area is 85.9 Å². The maximum atomic E-state index is 10.8. The van der Waals surface area contributed by atoms with E-state index in [0.29, 0.717) is 12.5 Å². The molecule has 0 spiro atoms. The summed E-state index contributed by atoms with van der Waals surface area (Å²) in [6, 6.07) is 0. The SMILES string of the molecule is CS(=O)(=O)CCNCC1CCCOC1. The molecule has 1 fully saturated rings. The highest BCUT2D eigenvalue weighted by molar-refractivity contribution is 7.90. The Bertz CT molecular complexity index is 245. The van der Waals surface area contributed by atoms with E-state index in [1.165, 1.54) is 12.7 Å². The first-order valence-electron chi connectivity index (χ1n) is 5.04. The van der Waals surface area contributed by atoms with Gasteiger partial charge in [0, 0.05) is 26.0 Å². The van der Waals surface area contributed by atoms with E-state index in [9.17, 15) is 8.42 Å². The summed E-state index contributed by atoms with van der Waals surface area (Å²) < 4.78 is 27.0. The minimum absolute atomic E-state index is 0.223. The quantitative estimate of drug-likeness (QED) is 0.666. The summed E-state index contributed by atoms with van der Waals surface area (Å²) in [6.07, 6.45) is 3.57. The van der Waals surface area contributed by atoms with Crippen molar-refractivity contribution in [1.29, 1.82) is 0 Å². The third kappa shape index (κ3) is 5.57. The third-order valence-corrected chi connectivity index (χ3v) is 3.28. The van der Waals surface area contributed by atoms with Gasteiger partial charge < -0.3 is 10.1 Å².